The summed E-state index contributed by atoms with van der Waals surface area (Å²) >= 11 is 0. The number of furan rings is 1. The molecule has 1 amide bonds. The Labute approximate surface area is 119 Å². The van der Waals surface area contributed by atoms with Gasteiger partial charge in [-0.15, -0.1) is 0 Å². The van der Waals surface area contributed by atoms with Crippen LogP contribution < -0.4 is 5.32 Å². The van der Waals surface area contributed by atoms with Gasteiger partial charge in [-0.3, -0.25) is 4.79 Å². The summed E-state index contributed by atoms with van der Waals surface area (Å²) < 4.78 is 11.0. The summed E-state index contributed by atoms with van der Waals surface area (Å²) in [6.07, 6.45) is 5.90. The number of nitrogens with one attached hydrogen (secondary N) is 1. The molecule has 5 nitrogen and oxygen atoms in total. The summed E-state index contributed by atoms with van der Waals surface area (Å²) in [5, 5.41) is 3.22. The Morgan fingerprint density at radius 2 is 2.25 bits per heavy atom. The lowest BCUT2D eigenvalue weighted by Crippen LogP contribution is -2.51. The zero-order chi connectivity index (χ0) is 13.8. The van der Waals surface area contributed by atoms with Gasteiger partial charge < -0.3 is 19.4 Å². The number of morpholine rings is 1. The average Bonchev–Trinajstić information content (AvgIpc) is 3.18. The lowest BCUT2D eigenvalue weighted by molar-refractivity contribution is -0.148. The van der Waals surface area contributed by atoms with Crippen LogP contribution in [0.5, 0.6) is 0 Å². The summed E-state index contributed by atoms with van der Waals surface area (Å²) in [5.74, 6) is 0.939. The van der Waals surface area contributed by atoms with Crippen LogP contribution in [0.3, 0.4) is 0 Å². The number of carbonyl (C=O) groups excluding carboxylic acids is 1. The van der Waals surface area contributed by atoms with E-state index in [4.69, 9.17) is 9.15 Å². The van der Waals surface area contributed by atoms with E-state index in [1.807, 2.05) is 17.0 Å². The molecule has 2 heterocycles. The fourth-order valence-electron chi connectivity index (χ4n) is 3.08. The molecule has 0 bridgehead atoms. The minimum atomic E-state index is -0.348. The van der Waals surface area contributed by atoms with Crippen LogP contribution in [0.2, 0.25) is 0 Å². The van der Waals surface area contributed by atoms with E-state index in [0.29, 0.717) is 25.7 Å². The third-order valence-electron chi connectivity index (χ3n) is 4.16. The van der Waals surface area contributed by atoms with Gasteiger partial charge in [0.2, 0.25) is 0 Å². The standard InChI is InChI=1S/C15H22N2O3/c18-15(14-10-16-7-9-20-14)17(12-4-1-2-5-12)11-13-6-3-8-19-13/h3,6,8,12,14,16H,1-2,4-5,7,9-11H2. The highest BCUT2D eigenvalue weighted by Gasteiger charge is 2.33. The molecule has 1 aliphatic heterocycles. The topological polar surface area (TPSA) is 54.7 Å². The number of hydrogen-bond acceptors (Lipinski definition) is 4. The molecule has 1 saturated carbocycles. The molecule has 1 unspecified atom stereocenters. The fourth-order valence-corrected chi connectivity index (χ4v) is 3.08. The van der Waals surface area contributed by atoms with Crippen LogP contribution in [0, 0.1) is 0 Å². The first-order valence-corrected chi connectivity index (χ1v) is 7.50. The van der Waals surface area contributed by atoms with E-state index in [9.17, 15) is 4.79 Å². The SMILES string of the molecule is O=C(C1CNCCO1)N(Cc1ccco1)C1CCCC1. The molecule has 110 valence electrons. The molecule has 1 saturated heterocycles. The van der Waals surface area contributed by atoms with Gasteiger partial charge in [0, 0.05) is 19.1 Å². The van der Waals surface area contributed by atoms with Crippen molar-refractivity contribution in [2.75, 3.05) is 19.7 Å². The number of amides is 1. The molecule has 3 rings (SSSR count). The quantitative estimate of drug-likeness (QED) is 0.907. The van der Waals surface area contributed by atoms with E-state index in [-0.39, 0.29) is 12.0 Å². The maximum Gasteiger partial charge on any atom is 0.253 e. The predicted octanol–water partition coefficient (Wildman–Crippen LogP) is 1.54. The van der Waals surface area contributed by atoms with E-state index in [2.05, 4.69) is 5.32 Å². The average molecular weight is 278 g/mol. The Morgan fingerprint density at radius 3 is 2.90 bits per heavy atom. The number of nitrogens with zero attached hydrogens (tertiary/aromatic N) is 1. The summed E-state index contributed by atoms with van der Waals surface area (Å²) in [6.45, 7) is 2.59. The largest absolute Gasteiger partial charge is 0.467 e. The predicted molar refractivity (Wildman–Crippen MR) is 74.1 cm³/mol. The third kappa shape index (κ3) is 3.04. The van der Waals surface area contributed by atoms with Crippen molar-refractivity contribution in [3.8, 4) is 0 Å². The molecule has 0 aromatic carbocycles. The molecule has 0 radical (unpaired) electrons. The molecule has 0 spiro atoms. The Balaban J connectivity index is 1.71. The molecular weight excluding hydrogens is 256 g/mol. The lowest BCUT2D eigenvalue weighted by atomic mass is 10.1. The number of carbonyl (C=O) groups is 1. The molecule has 20 heavy (non-hydrogen) atoms. The van der Waals surface area contributed by atoms with E-state index < -0.39 is 0 Å². The van der Waals surface area contributed by atoms with Crippen molar-refractivity contribution >= 4 is 5.91 Å². The van der Waals surface area contributed by atoms with Crippen LogP contribution >= 0.6 is 0 Å². The highest BCUT2D eigenvalue weighted by Crippen LogP contribution is 2.26. The van der Waals surface area contributed by atoms with Crippen LogP contribution in [0.4, 0.5) is 0 Å². The maximum absolute atomic E-state index is 12.7. The van der Waals surface area contributed by atoms with E-state index in [1.54, 1.807) is 6.26 Å². The summed E-state index contributed by atoms with van der Waals surface area (Å²) in [4.78, 5) is 14.7. The van der Waals surface area contributed by atoms with Crippen molar-refractivity contribution in [3.63, 3.8) is 0 Å². The van der Waals surface area contributed by atoms with Crippen LogP contribution in [0.15, 0.2) is 22.8 Å². The van der Waals surface area contributed by atoms with Crippen molar-refractivity contribution < 1.29 is 13.9 Å². The summed E-state index contributed by atoms with van der Waals surface area (Å²) in [6, 6.07) is 4.12. The molecule has 2 fully saturated rings. The van der Waals surface area contributed by atoms with Gasteiger partial charge in [-0.25, -0.2) is 0 Å². The second-order valence-electron chi connectivity index (χ2n) is 5.55. The molecular formula is C15H22N2O3. The molecule has 1 aromatic heterocycles. The normalized spacial score (nSPS) is 23.9. The van der Waals surface area contributed by atoms with Gasteiger partial charge in [0.05, 0.1) is 19.4 Å². The van der Waals surface area contributed by atoms with Crippen LogP contribution in [-0.2, 0) is 16.1 Å². The zero-order valence-corrected chi connectivity index (χ0v) is 11.7. The van der Waals surface area contributed by atoms with Crippen LogP contribution in [0.25, 0.3) is 0 Å². The molecule has 2 aliphatic rings. The maximum atomic E-state index is 12.7. The number of rotatable bonds is 4. The second-order valence-corrected chi connectivity index (χ2v) is 5.55. The first-order chi connectivity index (χ1) is 9.84. The number of hydrogen-bond donors (Lipinski definition) is 1. The van der Waals surface area contributed by atoms with Gasteiger partial charge in [-0.05, 0) is 25.0 Å². The zero-order valence-electron chi connectivity index (χ0n) is 11.7. The van der Waals surface area contributed by atoms with Crippen molar-refractivity contribution in [1.82, 2.24) is 10.2 Å². The van der Waals surface area contributed by atoms with Gasteiger partial charge in [0.1, 0.15) is 11.9 Å². The van der Waals surface area contributed by atoms with Gasteiger partial charge in [0.15, 0.2) is 0 Å². The minimum absolute atomic E-state index is 0.0977. The Bertz CT molecular complexity index is 420. The van der Waals surface area contributed by atoms with Gasteiger partial charge in [-0.2, -0.15) is 0 Å². The summed E-state index contributed by atoms with van der Waals surface area (Å²) in [5.41, 5.74) is 0. The van der Waals surface area contributed by atoms with Gasteiger partial charge >= 0.3 is 0 Å². The van der Waals surface area contributed by atoms with Crippen LogP contribution in [0.1, 0.15) is 31.4 Å². The lowest BCUT2D eigenvalue weighted by Gasteiger charge is -2.33. The minimum Gasteiger partial charge on any atom is -0.467 e. The van der Waals surface area contributed by atoms with Crippen molar-refractivity contribution in [2.45, 2.75) is 44.4 Å². The molecule has 1 aliphatic carbocycles. The third-order valence-corrected chi connectivity index (χ3v) is 4.16. The van der Waals surface area contributed by atoms with Crippen molar-refractivity contribution in [3.05, 3.63) is 24.2 Å². The summed E-state index contributed by atoms with van der Waals surface area (Å²) in [7, 11) is 0. The number of ether oxygens (including phenoxy) is 1. The van der Waals surface area contributed by atoms with Crippen molar-refractivity contribution in [1.29, 1.82) is 0 Å². The first-order valence-electron chi connectivity index (χ1n) is 7.50. The smallest absolute Gasteiger partial charge is 0.253 e. The highest BCUT2D eigenvalue weighted by atomic mass is 16.5. The van der Waals surface area contributed by atoms with E-state index in [0.717, 1.165) is 25.1 Å². The Hall–Kier alpha value is -1.33. The van der Waals surface area contributed by atoms with Crippen LogP contribution in [-0.4, -0.2) is 42.6 Å². The highest BCUT2D eigenvalue weighted by molar-refractivity contribution is 5.81. The second kappa shape index (κ2) is 6.41. The first kappa shape index (κ1) is 13.6. The van der Waals surface area contributed by atoms with Crippen molar-refractivity contribution in [2.24, 2.45) is 0 Å². The van der Waals surface area contributed by atoms with E-state index in [1.165, 1.54) is 12.8 Å². The molecule has 5 heteroatoms. The van der Waals surface area contributed by atoms with Gasteiger partial charge in [0.25, 0.3) is 5.91 Å². The van der Waals surface area contributed by atoms with E-state index >= 15 is 0 Å². The monoisotopic (exact) mass is 278 g/mol. The molecule has 1 atom stereocenters. The Kier molecular flexibility index (Phi) is 4.38. The fraction of sp³-hybridized carbons (Fsp3) is 0.667. The molecule has 1 aromatic rings. The molecule has 1 N–H and O–H groups in total. The van der Waals surface area contributed by atoms with Gasteiger partial charge in [-0.1, -0.05) is 12.8 Å². The Morgan fingerprint density at radius 1 is 1.40 bits per heavy atom.